The quantitative estimate of drug-likeness (QED) is 0.145. The van der Waals surface area contributed by atoms with Crippen LogP contribution in [0.3, 0.4) is 0 Å². The van der Waals surface area contributed by atoms with Crippen LogP contribution in [0.4, 0.5) is 0 Å². The zero-order valence-electron chi connectivity index (χ0n) is 21.9. The van der Waals surface area contributed by atoms with E-state index in [4.69, 9.17) is 22.8 Å². The summed E-state index contributed by atoms with van der Waals surface area (Å²) < 4.78 is 25.6. The van der Waals surface area contributed by atoms with Crippen LogP contribution in [0.5, 0.6) is 0 Å². The average molecular weight is 504 g/mol. The van der Waals surface area contributed by atoms with Gasteiger partial charge in [0.2, 0.25) is 5.91 Å². The van der Waals surface area contributed by atoms with Crippen molar-refractivity contribution in [2.24, 2.45) is 11.7 Å². The number of esters is 2. The molecule has 0 aliphatic rings. The predicted molar refractivity (Wildman–Crippen MR) is 136 cm³/mol. The van der Waals surface area contributed by atoms with Gasteiger partial charge in [0.15, 0.2) is 0 Å². The molecule has 1 unspecified atom stereocenters. The fourth-order valence-corrected chi connectivity index (χ4v) is 3.98. The van der Waals surface area contributed by atoms with Gasteiger partial charge in [0.1, 0.15) is 0 Å². The molecule has 9 nitrogen and oxygen atoms in total. The molecule has 0 saturated heterocycles. The van der Waals surface area contributed by atoms with Crippen LogP contribution < -0.4 is 5.73 Å². The molecular formula is C24H45NO8Si. The van der Waals surface area contributed by atoms with Crippen LogP contribution in [0.1, 0.15) is 52.9 Å². The summed E-state index contributed by atoms with van der Waals surface area (Å²) in [5.41, 5.74) is 4.93. The summed E-state index contributed by atoms with van der Waals surface area (Å²) in [4.78, 5) is 31.3. The van der Waals surface area contributed by atoms with E-state index in [1.54, 1.807) is 28.3 Å². The summed E-state index contributed by atoms with van der Waals surface area (Å²) >= 11 is 0. The van der Waals surface area contributed by atoms with Crippen molar-refractivity contribution in [2.45, 2.75) is 58.9 Å². The fraction of sp³-hybridized carbons (Fsp3) is 0.625. The van der Waals surface area contributed by atoms with Crippen molar-refractivity contribution in [1.29, 1.82) is 0 Å². The molecule has 1 amide bonds. The summed E-state index contributed by atoms with van der Waals surface area (Å²) in [6, 6.07) is 0.611. The van der Waals surface area contributed by atoms with Crippen molar-refractivity contribution < 1.29 is 37.1 Å². The van der Waals surface area contributed by atoms with Crippen molar-refractivity contribution >= 4 is 26.7 Å². The molecule has 10 heteroatoms. The van der Waals surface area contributed by atoms with E-state index >= 15 is 0 Å². The minimum absolute atomic E-state index is 0.310. The molecule has 0 aromatic carbocycles. The second-order valence-corrected chi connectivity index (χ2v) is 10.3. The van der Waals surface area contributed by atoms with Crippen LogP contribution in [0.25, 0.3) is 0 Å². The zero-order chi connectivity index (χ0) is 27.0. The van der Waals surface area contributed by atoms with E-state index in [-0.39, 0.29) is 11.9 Å². The number of rotatable bonds is 16. The molecule has 2 N–H and O–H groups in total. The third-order valence-corrected chi connectivity index (χ3v) is 7.35. The lowest BCUT2D eigenvalue weighted by Crippen LogP contribution is -2.42. The van der Waals surface area contributed by atoms with Crippen LogP contribution in [-0.4, -0.2) is 61.2 Å². The summed E-state index contributed by atoms with van der Waals surface area (Å²) in [6.07, 6.45) is 7.55. The van der Waals surface area contributed by atoms with Crippen molar-refractivity contribution in [3.05, 3.63) is 37.5 Å². The second-order valence-electron chi connectivity index (χ2n) is 7.17. The van der Waals surface area contributed by atoms with Crippen LogP contribution >= 0.6 is 0 Å². The van der Waals surface area contributed by atoms with Crippen LogP contribution in [0.15, 0.2) is 37.5 Å². The van der Waals surface area contributed by atoms with Gasteiger partial charge >= 0.3 is 20.7 Å². The Kier molecular flexibility index (Phi) is 25.5. The number of nitrogens with two attached hydrogens (primary N) is 1. The maximum atomic E-state index is 11.1. The van der Waals surface area contributed by atoms with E-state index in [1.807, 2.05) is 0 Å². The Morgan fingerprint density at radius 1 is 0.971 bits per heavy atom. The lowest BCUT2D eigenvalue weighted by atomic mass is 10.0. The predicted octanol–water partition coefficient (Wildman–Crippen LogP) is 3.96. The topological polar surface area (TPSA) is 123 Å². The van der Waals surface area contributed by atoms with Gasteiger partial charge in [-0.1, -0.05) is 52.8 Å². The number of ether oxygens (including phenoxy) is 2. The molecule has 0 heterocycles. The molecule has 0 bridgehead atoms. The van der Waals surface area contributed by atoms with Crippen molar-refractivity contribution in [3.8, 4) is 0 Å². The molecule has 0 aromatic heterocycles. The smallest absolute Gasteiger partial charge is 0.462 e. The Labute approximate surface area is 206 Å². The SMILES string of the molecule is C=C(C)C(=O)OCCC[Si](OC)(OC)OC.C=CC(=O)OCC(CC)CCCC.C=CC(N)=O. The number of hydrogen-bond acceptors (Lipinski definition) is 8. The van der Waals surface area contributed by atoms with E-state index in [9.17, 15) is 14.4 Å². The maximum Gasteiger partial charge on any atom is 0.500 e. The molecule has 34 heavy (non-hydrogen) atoms. The summed E-state index contributed by atoms with van der Waals surface area (Å²) in [5.74, 6) is -0.650. The minimum atomic E-state index is -2.53. The third-order valence-electron chi connectivity index (χ3n) is 4.51. The van der Waals surface area contributed by atoms with Gasteiger partial charge in [-0.05, 0) is 31.8 Å². The highest BCUT2D eigenvalue weighted by Gasteiger charge is 2.36. The third kappa shape index (κ3) is 21.6. The highest BCUT2D eigenvalue weighted by Crippen LogP contribution is 2.15. The van der Waals surface area contributed by atoms with Crippen molar-refractivity contribution in [3.63, 3.8) is 0 Å². The first-order chi connectivity index (χ1) is 16.0. The second kappa shape index (κ2) is 23.9. The van der Waals surface area contributed by atoms with E-state index < -0.39 is 14.7 Å². The summed E-state index contributed by atoms with van der Waals surface area (Å²) in [7, 11) is 2.13. The fourth-order valence-electron chi connectivity index (χ4n) is 2.29. The number of hydrogen-bond donors (Lipinski definition) is 1. The summed E-state index contributed by atoms with van der Waals surface area (Å²) in [6.45, 7) is 16.7. The van der Waals surface area contributed by atoms with Gasteiger partial charge in [0.05, 0.1) is 13.2 Å². The van der Waals surface area contributed by atoms with Crippen molar-refractivity contribution in [1.82, 2.24) is 0 Å². The van der Waals surface area contributed by atoms with Crippen LogP contribution in [0.2, 0.25) is 6.04 Å². The average Bonchev–Trinajstić information content (AvgIpc) is 2.85. The van der Waals surface area contributed by atoms with Gasteiger partial charge in [-0.15, -0.1) is 0 Å². The minimum Gasteiger partial charge on any atom is -0.462 e. The van der Waals surface area contributed by atoms with E-state index in [1.165, 1.54) is 18.9 Å². The molecule has 0 saturated carbocycles. The van der Waals surface area contributed by atoms with Gasteiger partial charge in [0.25, 0.3) is 0 Å². The normalized spacial score (nSPS) is 10.9. The molecule has 0 fully saturated rings. The lowest BCUT2D eigenvalue weighted by molar-refractivity contribution is -0.140. The van der Waals surface area contributed by atoms with Gasteiger partial charge < -0.3 is 28.5 Å². The molecule has 0 spiro atoms. The Balaban J connectivity index is -0.000000478. The molecular weight excluding hydrogens is 458 g/mol. The first kappa shape index (κ1) is 36.3. The Bertz CT molecular complexity index is 598. The number of carbonyl (C=O) groups is 3. The molecule has 0 rings (SSSR count). The largest absolute Gasteiger partial charge is 0.500 e. The monoisotopic (exact) mass is 503 g/mol. The molecule has 198 valence electrons. The zero-order valence-corrected chi connectivity index (χ0v) is 22.9. The summed E-state index contributed by atoms with van der Waals surface area (Å²) in [5, 5.41) is 0. The van der Waals surface area contributed by atoms with Gasteiger partial charge in [-0.25, -0.2) is 9.59 Å². The first-order valence-corrected chi connectivity index (χ1v) is 13.1. The lowest BCUT2D eigenvalue weighted by Gasteiger charge is -2.24. The molecule has 0 aliphatic carbocycles. The number of carbonyl (C=O) groups excluding carboxylic acids is 3. The number of amides is 1. The Morgan fingerprint density at radius 3 is 1.85 bits per heavy atom. The molecule has 1 atom stereocenters. The molecule has 0 aliphatic heterocycles. The highest BCUT2D eigenvalue weighted by atomic mass is 28.4. The first-order valence-electron chi connectivity index (χ1n) is 11.2. The molecule has 0 radical (unpaired) electrons. The van der Waals surface area contributed by atoms with E-state index in [0.29, 0.717) is 37.2 Å². The van der Waals surface area contributed by atoms with Gasteiger partial charge in [-0.3, -0.25) is 4.79 Å². The van der Waals surface area contributed by atoms with E-state index in [0.717, 1.165) is 18.9 Å². The van der Waals surface area contributed by atoms with Crippen LogP contribution in [-0.2, 0) is 37.1 Å². The Morgan fingerprint density at radius 2 is 1.50 bits per heavy atom. The van der Waals surface area contributed by atoms with Gasteiger partial charge in [-0.2, -0.15) is 0 Å². The highest BCUT2D eigenvalue weighted by molar-refractivity contribution is 6.60. The van der Waals surface area contributed by atoms with Crippen LogP contribution in [0, 0.1) is 5.92 Å². The number of unbranched alkanes of at least 4 members (excludes halogenated alkanes) is 1. The van der Waals surface area contributed by atoms with E-state index in [2.05, 4.69) is 39.3 Å². The van der Waals surface area contributed by atoms with Gasteiger partial charge in [0, 0.05) is 39.0 Å². The maximum absolute atomic E-state index is 11.1. The van der Waals surface area contributed by atoms with Crippen molar-refractivity contribution in [2.75, 3.05) is 34.5 Å². The molecule has 0 aromatic rings. The standard InChI is InChI=1S/C11H20O2.C10H20O5Si.C3H5NO/c1-4-7-8-10(5-2)9-13-11(12)6-3;1-9(2)10(11)15-7-6-8-16(12-3,13-4)14-5;1-2-3(4)5/h6,10H,3-5,7-9H2,1-2H3;1,6-8H2,2-5H3;2H,1H2,(H2,4,5). The Hall–Kier alpha value is -2.27. The number of primary amides is 1.